The second kappa shape index (κ2) is 14.8. The molecule has 0 fully saturated rings. The summed E-state index contributed by atoms with van der Waals surface area (Å²) in [6.07, 6.45) is 6.47. The van der Waals surface area contributed by atoms with Gasteiger partial charge in [-0.1, -0.05) is 79.5 Å². The zero-order valence-electron chi connectivity index (χ0n) is 29.8. The molecule has 0 amide bonds. The van der Waals surface area contributed by atoms with Gasteiger partial charge in [-0.15, -0.1) is 46.3 Å². The molecule has 48 heavy (non-hydrogen) atoms. The number of rotatable bonds is 8. The second-order valence-corrected chi connectivity index (χ2v) is 17.0. The Morgan fingerprint density at radius 2 is 1.56 bits per heavy atom. The normalized spacial score (nSPS) is 12.8. The predicted octanol–water partition coefficient (Wildman–Crippen LogP) is 13.0. The fourth-order valence-electron chi connectivity index (χ4n) is 5.84. The van der Waals surface area contributed by atoms with Crippen molar-refractivity contribution in [1.82, 2.24) is 9.97 Å². The molecule has 4 heterocycles. The van der Waals surface area contributed by atoms with E-state index in [4.69, 9.17) is 9.97 Å². The molecule has 0 aliphatic heterocycles. The fourth-order valence-corrected chi connectivity index (χ4v) is 9.26. The van der Waals surface area contributed by atoms with E-state index < -0.39 is 0 Å². The summed E-state index contributed by atoms with van der Waals surface area (Å²) in [5.74, 6) is 0.286. The summed E-state index contributed by atoms with van der Waals surface area (Å²) in [5.41, 5.74) is 5.24. The van der Waals surface area contributed by atoms with Gasteiger partial charge in [-0.05, 0) is 70.5 Å². The van der Waals surface area contributed by atoms with Crippen LogP contribution in [-0.4, -0.2) is 20.9 Å². The molecule has 0 saturated carbocycles. The largest absolute Gasteiger partial charge is 0.512 e. The molecule has 1 N–H and O–H groups in total. The maximum atomic E-state index is 12.2. The van der Waals surface area contributed by atoms with Crippen LogP contribution < -0.4 is 0 Å². The number of carbonyl (C=O) groups excluding carboxylic acids is 1. The minimum atomic E-state index is -0.337. The van der Waals surface area contributed by atoms with E-state index in [0.717, 1.165) is 47.2 Å². The number of thiophene rings is 3. The number of aliphatic hydroxyl groups is 1. The number of carbonyl (C=O) groups is 1. The predicted molar refractivity (Wildman–Crippen MR) is 206 cm³/mol. The summed E-state index contributed by atoms with van der Waals surface area (Å²) < 4.78 is 5.07. The summed E-state index contributed by atoms with van der Waals surface area (Å²) in [7, 11) is 0. The first-order valence-electron chi connectivity index (χ1n) is 16.6. The first kappa shape index (κ1) is 38.3. The molecule has 8 heteroatoms. The summed E-state index contributed by atoms with van der Waals surface area (Å²) in [5, 5.41) is 18.3. The van der Waals surface area contributed by atoms with E-state index in [-0.39, 0.29) is 47.9 Å². The zero-order valence-corrected chi connectivity index (χ0v) is 34.6. The fraction of sp³-hybridized carbons (Fsp3) is 0.425. The van der Waals surface area contributed by atoms with E-state index in [2.05, 4.69) is 68.8 Å². The van der Waals surface area contributed by atoms with Crippen molar-refractivity contribution in [3.63, 3.8) is 0 Å². The molecular formula is C40H47IrN2O2S3-. The average molecular weight is 876 g/mol. The van der Waals surface area contributed by atoms with Gasteiger partial charge in [-0.3, -0.25) is 9.78 Å². The van der Waals surface area contributed by atoms with Crippen molar-refractivity contribution in [2.75, 3.05) is 0 Å². The van der Waals surface area contributed by atoms with Crippen LogP contribution in [0.3, 0.4) is 0 Å². The molecule has 6 aromatic rings. The van der Waals surface area contributed by atoms with Crippen LogP contribution in [0.2, 0.25) is 0 Å². The van der Waals surface area contributed by atoms with E-state index in [1.807, 2.05) is 52.9 Å². The molecule has 0 aliphatic carbocycles. The number of nitrogens with zero attached hydrogens (tertiary/aromatic N) is 2. The van der Waals surface area contributed by atoms with Gasteiger partial charge in [0.05, 0.1) is 5.52 Å². The van der Waals surface area contributed by atoms with Crippen molar-refractivity contribution in [1.29, 1.82) is 0 Å². The van der Waals surface area contributed by atoms with Gasteiger partial charge in [0, 0.05) is 62.2 Å². The zero-order chi connectivity index (χ0) is 34.3. The first-order valence-corrected chi connectivity index (χ1v) is 19.2. The maximum Gasteiger partial charge on any atom is 0.164 e. The van der Waals surface area contributed by atoms with Gasteiger partial charge in [-0.25, -0.2) is 4.98 Å². The number of hydrogen-bond donors (Lipinski definition) is 1. The van der Waals surface area contributed by atoms with Crippen LogP contribution in [-0.2, 0) is 30.3 Å². The van der Waals surface area contributed by atoms with Crippen LogP contribution in [0.25, 0.3) is 51.7 Å². The summed E-state index contributed by atoms with van der Waals surface area (Å²) in [6.45, 7) is 21.1. The number of benzene rings is 2. The van der Waals surface area contributed by atoms with Gasteiger partial charge < -0.3 is 5.11 Å². The Kier molecular flexibility index (Phi) is 11.8. The Morgan fingerprint density at radius 3 is 2.19 bits per heavy atom. The summed E-state index contributed by atoms with van der Waals surface area (Å²) >= 11 is 5.40. The molecule has 4 nitrogen and oxygen atoms in total. The van der Waals surface area contributed by atoms with Gasteiger partial charge >= 0.3 is 0 Å². The average Bonchev–Trinajstić information content (AvgIpc) is 3.79. The van der Waals surface area contributed by atoms with Gasteiger partial charge in [-0.2, -0.15) is 11.3 Å². The summed E-state index contributed by atoms with van der Waals surface area (Å²) in [6, 6.07) is 12.6. The maximum absolute atomic E-state index is 12.2. The van der Waals surface area contributed by atoms with E-state index in [9.17, 15) is 9.90 Å². The molecule has 0 saturated heterocycles. The molecule has 6 rings (SSSR count). The third-order valence-corrected chi connectivity index (χ3v) is 13.5. The van der Waals surface area contributed by atoms with Gasteiger partial charge in [0.15, 0.2) is 5.78 Å². The molecule has 1 radical (unpaired) electrons. The molecule has 0 spiro atoms. The third-order valence-electron chi connectivity index (χ3n) is 10.3. The topological polar surface area (TPSA) is 63.1 Å². The first-order chi connectivity index (χ1) is 22.2. The summed E-state index contributed by atoms with van der Waals surface area (Å²) in [4.78, 5) is 21.7. The molecule has 0 unspecified atom stereocenters. The van der Waals surface area contributed by atoms with Crippen molar-refractivity contribution in [2.45, 2.75) is 100 Å². The molecule has 2 aromatic carbocycles. The quantitative estimate of drug-likeness (QED) is 0.0940. The number of aryl methyl sites for hydroxylation is 1. The molecule has 0 bridgehead atoms. The Hall–Kier alpha value is -2.48. The van der Waals surface area contributed by atoms with Gasteiger partial charge in [0.2, 0.25) is 0 Å². The Labute approximate surface area is 311 Å². The number of fused-ring (bicyclic) bond motifs is 6. The van der Waals surface area contributed by atoms with Crippen LogP contribution in [0, 0.1) is 23.8 Å². The minimum absolute atomic E-state index is 0. The van der Waals surface area contributed by atoms with E-state index in [1.165, 1.54) is 47.5 Å². The molecule has 0 atom stereocenters. The van der Waals surface area contributed by atoms with E-state index in [0.29, 0.717) is 0 Å². The van der Waals surface area contributed by atoms with Crippen molar-refractivity contribution >= 4 is 80.3 Å². The van der Waals surface area contributed by atoms with Gasteiger partial charge in [0.1, 0.15) is 12.1 Å². The van der Waals surface area contributed by atoms with Crippen LogP contribution >= 0.6 is 34.0 Å². The molecule has 257 valence electrons. The molecular weight excluding hydrogens is 829 g/mol. The van der Waals surface area contributed by atoms with Crippen molar-refractivity contribution in [2.24, 2.45) is 10.8 Å². The van der Waals surface area contributed by atoms with Crippen LogP contribution in [0.5, 0.6) is 0 Å². The second-order valence-electron chi connectivity index (χ2n) is 14.2. The van der Waals surface area contributed by atoms with Crippen LogP contribution in [0.4, 0.5) is 0 Å². The monoisotopic (exact) mass is 876 g/mol. The molecule has 4 aromatic heterocycles. The smallest absolute Gasteiger partial charge is 0.164 e. The Morgan fingerprint density at radius 1 is 0.896 bits per heavy atom. The number of aromatic nitrogens is 2. The molecule has 0 aliphatic rings. The van der Waals surface area contributed by atoms with Gasteiger partial charge in [0.25, 0.3) is 0 Å². The van der Waals surface area contributed by atoms with Crippen LogP contribution in [0.1, 0.15) is 99.1 Å². The standard InChI is InChI=1S/C25H19N2S3.C15H28O2.Ir/c1-13-11-29-23-16(13)5-6-18-19(23)21-24(30-18)20(26-12-27-21)15-9-14-7-8-28-22(14)17(10-15)25(2,3)4;1-7-14(5,8-2)12(16)11-13(17)15(6,9-3)10-4;/h5-8,10-12H,1-4H3;11,16H,7-10H2,1-6H3;/q-1;;/b;12-11-;. The SMILES string of the molecule is CCC(C)(CC)C(=O)/C=C(\O)C(C)(CC)CC.Cc1csc2c1ccc1sc3c(-c4[c-]c5ccsc5c(C(C)(C)C)c4)ncnc3c12.[Ir]. The third kappa shape index (κ3) is 7.07. The number of aliphatic hydroxyl groups excluding tert-OH is 1. The Balaban J connectivity index is 0.000000251. The Bertz CT molecular complexity index is 2100. The minimum Gasteiger partial charge on any atom is -0.512 e. The number of ketones is 1. The van der Waals surface area contributed by atoms with Crippen LogP contribution in [0.15, 0.2) is 53.2 Å². The van der Waals surface area contributed by atoms with Crippen molar-refractivity contribution < 1.29 is 30.0 Å². The van der Waals surface area contributed by atoms with Crippen molar-refractivity contribution in [3.8, 4) is 11.3 Å². The van der Waals surface area contributed by atoms with Crippen molar-refractivity contribution in [3.05, 3.63) is 70.4 Å². The van der Waals surface area contributed by atoms with E-state index in [1.54, 1.807) is 29.0 Å². The number of allylic oxidation sites excluding steroid dienone is 2. The van der Waals surface area contributed by atoms with E-state index >= 15 is 0 Å². The number of hydrogen-bond acceptors (Lipinski definition) is 7.